The molecule has 0 saturated carbocycles. The molecule has 0 fully saturated rings. The monoisotopic (exact) mass is 374 g/mol. The van der Waals surface area contributed by atoms with Crippen LogP contribution in [-0.2, 0) is 18.3 Å². The molecule has 0 amide bonds. The number of hydrogen-bond donors (Lipinski definition) is 1. The molecule has 0 saturated heterocycles. The number of phosphoric acid groups is 1. The molecule has 1 unspecified atom stereocenters. The number of rotatable bonds is 8. The van der Waals surface area contributed by atoms with Gasteiger partial charge in [-0.3, -0.25) is 9.05 Å². The summed E-state index contributed by atoms with van der Waals surface area (Å²) in [4.78, 5) is 12.2. The second-order valence-corrected chi connectivity index (χ2v) is 7.90. The summed E-state index contributed by atoms with van der Waals surface area (Å²) in [6.45, 7) is 10.4. The maximum Gasteiger partial charge on any atom is 0.530 e. The molecule has 0 aliphatic rings. The van der Waals surface area contributed by atoms with Crippen molar-refractivity contribution in [3.8, 4) is 5.75 Å². The fourth-order valence-corrected chi connectivity index (χ4v) is 3.17. The second kappa shape index (κ2) is 8.81. The van der Waals surface area contributed by atoms with Crippen molar-refractivity contribution in [3.05, 3.63) is 29.3 Å². The molecule has 7 nitrogen and oxygen atoms in total. The van der Waals surface area contributed by atoms with Crippen LogP contribution >= 0.6 is 7.82 Å². The molecular formula is C17H27O7P. The Hall–Kier alpha value is -1.40. The summed E-state index contributed by atoms with van der Waals surface area (Å²) in [5.74, 6) is -0.411. The van der Waals surface area contributed by atoms with Gasteiger partial charge >= 0.3 is 13.8 Å². The van der Waals surface area contributed by atoms with Crippen LogP contribution in [0.2, 0.25) is 0 Å². The average molecular weight is 374 g/mol. The highest BCUT2D eigenvalue weighted by Gasteiger charge is 2.29. The van der Waals surface area contributed by atoms with E-state index in [4.69, 9.17) is 18.3 Å². The van der Waals surface area contributed by atoms with E-state index in [-0.39, 0.29) is 30.1 Å². The SMILES string of the molecule is CCOP(=O)(OCC)Oc1ccc(C(=O)OC(C)(C)C)cc1C(C)O. The number of carbonyl (C=O) groups is 1. The van der Waals surface area contributed by atoms with E-state index in [1.165, 1.54) is 25.1 Å². The van der Waals surface area contributed by atoms with Gasteiger partial charge in [0.2, 0.25) is 0 Å². The van der Waals surface area contributed by atoms with Gasteiger partial charge in [0.15, 0.2) is 0 Å². The summed E-state index contributed by atoms with van der Waals surface area (Å²) in [6.07, 6.45) is -0.964. The van der Waals surface area contributed by atoms with Gasteiger partial charge in [0, 0.05) is 5.56 Å². The summed E-state index contributed by atoms with van der Waals surface area (Å²) >= 11 is 0. The van der Waals surface area contributed by atoms with Gasteiger partial charge in [-0.1, -0.05) is 0 Å². The minimum absolute atomic E-state index is 0.118. The van der Waals surface area contributed by atoms with E-state index in [1.54, 1.807) is 34.6 Å². The van der Waals surface area contributed by atoms with Gasteiger partial charge in [-0.05, 0) is 59.7 Å². The molecule has 0 heterocycles. The number of ether oxygens (including phenoxy) is 1. The molecule has 0 aliphatic carbocycles. The van der Waals surface area contributed by atoms with Gasteiger partial charge < -0.3 is 14.4 Å². The molecule has 0 spiro atoms. The van der Waals surface area contributed by atoms with Gasteiger partial charge in [0.05, 0.1) is 24.9 Å². The first kappa shape index (κ1) is 21.6. The van der Waals surface area contributed by atoms with E-state index in [9.17, 15) is 14.5 Å². The zero-order chi connectivity index (χ0) is 19.3. The molecule has 0 aromatic heterocycles. The lowest BCUT2D eigenvalue weighted by molar-refractivity contribution is 0.00693. The van der Waals surface area contributed by atoms with E-state index >= 15 is 0 Å². The van der Waals surface area contributed by atoms with Gasteiger partial charge in [0.1, 0.15) is 11.4 Å². The first-order valence-electron chi connectivity index (χ1n) is 8.15. The number of esters is 1. The number of phosphoric ester groups is 1. The predicted octanol–water partition coefficient (Wildman–Crippen LogP) is 4.26. The minimum atomic E-state index is -3.81. The maximum absolute atomic E-state index is 12.5. The average Bonchev–Trinajstić information content (AvgIpc) is 2.45. The Morgan fingerprint density at radius 2 is 1.76 bits per heavy atom. The molecule has 1 atom stereocenters. The number of benzene rings is 1. The van der Waals surface area contributed by atoms with Crippen molar-refractivity contribution in [2.75, 3.05) is 13.2 Å². The van der Waals surface area contributed by atoms with Crippen LogP contribution in [0, 0.1) is 0 Å². The molecule has 0 bridgehead atoms. The Labute approximate surface area is 148 Å². The third-order valence-corrected chi connectivity index (χ3v) is 4.45. The first-order chi connectivity index (χ1) is 11.5. The number of carbonyl (C=O) groups excluding carboxylic acids is 1. The molecule has 0 aliphatic heterocycles. The number of hydrogen-bond acceptors (Lipinski definition) is 7. The highest BCUT2D eigenvalue weighted by molar-refractivity contribution is 7.48. The van der Waals surface area contributed by atoms with Crippen molar-refractivity contribution < 1.29 is 32.8 Å². The van der Waals surface area contributed by atoms with E-state index in [2.05, 4.69) is 0 Å². The van der Waals surface area contributed by atoms with E-state index < -0.39 is 25.5 Å². The first-order valence-corrected chi connectivity index (χ1v) is 9.61. The molecule has 1 N–H and O–H groups in total. The molecule has 142 valence electrons. The molecular weight excluding hydrogens is 347 g/mol. The lowest BCUT2D eigenvalue weighted by atomic mass is 10.1. The van der Waals surface area contributed by atoms with Gasteiger partial charge in [-0.2, -0.15) is 0 Å². The smallest absolute Gasteiger partial charge is 0.456 e. The highest BCUT2D eigenvalue weighted by Crippen LogP contribution is 2.50. The Morgan fingerprint density at radius 1 is 1.20 bits per heavy atom. The van der Waals surface area contributed by atoms with E-state index in [0.29, 0.717) is 0 Å². The zero-order valence-electron chi connectivity index (χ0n) is 15.6. The summed E-state index contributed by atoms with van der Waals surface area (Å²) < 4.78 is 33.4. The minimum Gasteiger partial charge on any atom is -0.456 e. The van der Waals surface area contributed by atoms with Crippen molar-refractivity contribution in [3.63, 3.8) is 0 Å². The zero-order valence-corrected chi connectivity index (χ0v) is 16.5. The standard InChI is InChI=1S/C17H27O7P/c1-7-21-25(20,22-8-2)24-15-10-9-13(11-14(15)12(3)18)16(19)23-17(4,5)6/h9-12,18H,7-8H2,1-6H3. The Kier molecular flexibility index (Phi) is 7.62. The quantitative estimate of drug-likeness (QED) is 0.537. The molecule has 0 radical (unpaired) electrons. The van der Waals surface area contributed by atoms with Crippen molar-refractivity contribution in [2.45, 2.75) is 53.2 Å². The third-order valence-electron chi connectivity index (χ3n) is 2.88. The lowest BCUT2D eigenvalue weighted by Crippen LogP contribution is -2.24. The summed E-state index contributed by atoms with van der Waals surface area (Å²) in [7, 11) is -3.81. The van der Waals surface area contributed by atoms with Crippen LogP contribution in [0.4, 0.5) is 0 Å². The maximum atomic E-state index is 12.5. The van der Waals surface area contributed by atoms with Crippen LogP contribution in [0.1, 0.15) is 63.6 Å². The van der Waals surface area contributed by atoms with Gasteiger partial charge in [-0.25, -0.2) is 9.36 Å². The van der Waals surface area contributed by atoms with Crippen molar-refractivity contribution >= 4 is 13.8 Å². The number of aliphatic hydroxyl groups excluding tert-OH is 1. The van der Waals surface area contributed by atoms with Gasteiger partial charge in [-0.15, -0.1) is 0 Å². The predicted molar refractivity (Wildman–Crippen MR) is 93.7 cm³/mol. The molecule has 1 aromatic rings. The summed E-state index contributed by atoms with van der Waals surface area (Å²) in [6, 6.07) is 4.35. The van der Waals surface area contributed by atoms with Crippen LogP contribution in [0.5, 0.6) is 5.75 Å². The van der Waals surface area contributed by atoms with Crippen molar-refractivity contribution in [1.29, 1.82) is 0 Å². The Morgan fingerprint density at radius 3 is 2.20 bits per heavy atom. The van der Waals surface area contributed by atoms with Crippen LogP contribution in [0.25, 0.3) is 0 Å². The molecule has 1 aromatic carbocycles. The lowest BCUT2D eigenvalue weighted by Gasteiger charge is -2.22. The van der Waals surface area contributed by atoms with E-state index in [1.807, 2.05) is 0 Å². The van der Waals surface area contributed by atoms with Crippen LogP contribution in [0.15, 0.2) is 18.2 Å². The Balaban J connectivity index is 3.17. The van der Waals surface area contributed by atoms with Crippen LogP contribution in [0.3, 0.4) is 0 Å². The third kappa shape index (κ3) is 6.78. The molecule has 8 heteroatoms. The second-order valence-electron chi connectivity index (χ2n) is 6.30. The summed E-state index contributed by atoms with van der Waals surface area (Å²) in [5, 5.41) is 10.00. The van der Waals surface area contributed by atoms with Crippen molar-refractivity contribution in [1.82, 2.24) is 0 Å². The molecule has 25 heavy (non-hydrogen) atoms. The Bertz CT molecular complexity index is 624. The number of aliphatic hydroxyl groups is 1. The topological polar surface area (TPSA) is 91.3 Å². The van der Waals surface area contributed by atoms with Crippen molar-refractivity contribution in [2.24, 2.45) is 0 Å². The molecule has 1 rings (SSSR count). The van der Waals surface area contributed by atoms with E-state index in [0.717, 1.165) is 0 Å². The van der Waals surface area contributed by atoms with Crippen LogP contribution < -0.4 is 4.52 Å². The normalized spacial score (nSPS) is 13.4. The fourth-order valence-electron chi connectivity index (χ4n) is 1.95. The summed E-state index contributed by atoms with van der Waals surface area (Å²) in [5.41, 5.74) is -0.111. The van der Waals surface area contributed by atoms with Crippen LogP contribution in [-0.4, -0.2) is 29.9 Å². The van der Waals surface area contributed by atoms with Gasteiger partial charge in [0.25, 0.3) is 0 Å². The highest BCUT2D eigenvalue weighted by atomic mass is 31.2. The largest absolute Gasteiger partial charge is 0.530 e. The fraction of sp³-hybridized carbons (Fsp3) is 0.588.